The number of hydrogen-bond donors (Lipinski definition) is 2. The fourth-order valence-corrected chi connectivity index (χ4v) is 3.37. The minimum atomic E-state index is -3.26. The lowest BCUT2D eigenvalue weighted by Crippen LogP contribution is -2.31. The molecule has 9 nitrogen and oxygen atoms in total. The SMILES string of the molecule is CC(C)NC(=O)c1cccc(C(=O)NCc2cnn(-c3ccc(S(C)(=O)=O)cc3)c2)n1. The maximum absolute atomic E-state index is 12.4. The normalized spacial score (nSPS) is 11.4. The minimum Gasteiger partial charge on any atom is -0.349 e. The number of carbonyl (C=O) groups excluding carboxylic acids is 2. The fraction of sp³-hybridized carbons (Fsp3) is 0.238. The molecule has 2 amide bonds. The van der Waals surface area contributed by atoms with E-state index in [1.165, 1.54) is 18.2 Å². The van der Waals surface area contributed by atoms with Gasteiger partial charge in [-0.1, -0.05) is 6.07 Å². The monoisotopic (exact) mass is 441 g/mol. The number of sulfone groups is 1. The van der Waals surface area contributed by atoms with E-state index in [9.17, 15) is 18.0 Å². The molecule has 0 fully saturated rings. The highest BCUT2D eigenvalue weighted by Gasteiger charge is 2.13. The molecular weight excluding hydrogens is 418 g/mol. The average Bonchev–Trinajstić information content (AvgIpc) is 3.20. The van der Waals surface area contributed by atoms with Gasteiger partial charge in [0.2, 0.25) is 0 Å². The highest BCUT2D eigenvalue weighted by Crippen LogP contribution is 2.14. The summed E-state index contributed by atoms with van der Waals surface area (Å²) in [5.74, 6) is -0.753. The molecule has 0 spiro atoms. The fourth-order valence-electron chi connectivity index (χ4n) is 2.74. The summed E-state index contributed by atoms with van der Waals surface area (Å²) >= 11 is 0. The lowest BCUT2D eigenvalue weighted by atomic mass is 10.2. The van der Waals surface area contributed by atoms with E-state index in [4.69, 9.17) is 0 Å². The zero-order valence-electron chi connectivity index (χ0n) is 17.4. The summed E-state index contributed by atoms with van der Waals surface area (Å²) in [6, 6.07) is 11.0. The smallest absolute Gasteiger partial charge is 0.270 e. The summed E-state index contributed by atoms with van der Waals surface area (Å²) in [6.45, 7) is 3.90. The van der Waals surface area contributed by atoms with Gasteiger partial charge in [0.15, 0.2) is 9.84 Å². The zero-order chi connectivity index (χ0) is 22.6. The first kappa shape index (κ1) is 22.2. The van der Waals surface area contributed by atoms with Gasteiger partial charge < -0.3 is 10.6 Å². The molecule has 0 saturated heterocycles. The molecule has 2 N–H and O–H groups in total. The van der Waals surface area contributed by atoms with Crippen LogP contribution in [0.25, 0.3) is 5.69 Å². The highest BCUT2D eigenvalue weighted by molar-refractivity contribution is 7.90. The Hall–Kier alpha value is -3.53. The van der Waals surface area contributed by atoms with Gasteiger partial charge in [-0.15, -0.1) is 0 Å². The number of nitrogens with zero attached hydrogens (tertiary/aromatic N) is 3. The standard InChI is InChI=1S/C21H23N5O4S/c1-14(2)24-21(28)19-6-4-5-18(25-19)20(27)22-11-15-12-23-26(13-15)16-7-9-17(10-8-16)31(3,29)30/h4-10,12-14H,11H2,1-3H3,(H,22,27)(H,24,28). The number of hydrogen-bond acceptors (Lipinski definition) is 6. The first-order valence-corrected chi connectivity index (χ1v) is 11.4. The molecule has 0 aliphatic rings. The summed E-state index contributed by atoms with van der Waals surface area (Å²) in [7, 11) is -3.26. The quantitative estimate of drug-likeness (QED) is 0.576. The molecule has 0 atom stereocenters. The largest absolute Gasteiger partial charge is 0.349 e. The van der Waals surface area contributed by atoms with E-state index in [-0.39, 0.29) is 34.8 Å². The Balaban J connectivity index is 1.64. The maximum Gasteiger partial charge on any atom is 0.270 e. The van der Waals surface area contributed by atoms with Crippen LogP contribution in [0, 0.1) is 0 Å². The molecule has 2 aromatic heterocycles. The third-order valence-corrected chi connectivity index (χ3v) is 5.38. The lowest BCUT2D eigenvalue weighted by Gasteiger charge is -2.08. The second-order valence-corrected chi connectivity index (χ2v) is 9.29. The van der Waals surface area contributed by atoms with Crippen molar-refractivity contribution in [2.24, 2.45) is 0 Å². The molecule has 2 heterocycles. The van der Waals surface area contributed by atoms with Crippen molar-refractivity contribution in [3.8, 4) is 5.69 Å². The summed E-state index contributed by atoms with van der Waals surface area (Å²) in [5.41, 5.74) is 1.75. The number of nitrogens with one attached hydrogen (secondary N) is 2. The van der Waals surface area contributed by atoms with Crippen molar-refractivity contribution < 1.29 is 18.0 Å². The number of rotatable bonds is 7. The predicted molar refractivity (Wildman–Crippen MR) is 115 cm³/mol. The highest BCUT2D eigenvalue weighted by atomic mass is 32.2. The first-order chi connectivity index (χ1) is 14.6. The minimum absolute atomic E-state index is 0.0362. The van der Waals surface area contributed by atoms with Crippen LogP contribution >= 0.6 is 0 Å². The van der Waals surface area contributed by atoms with Crippen LogP contribution < -0.4 is 10.6 Å². The van der Waals surface area contributed by atoms with Gasteiger partial charge in [-0.25, -0.2) is 18.1 Å². The molecule has 0 bridgehead atoms. The Kier molecular flexibility index (Phi) is 6.50. The van der Waals surface area contributed by atoms with E-state index in [1.54, 1.807) is 41.3 Å². The van der Waals surface area contributed by atoms with E-state index in [0.29, 0.717) is 5.69 Å². The van der Waals surface area contributed by atoms with Gasteiger partial charge >= 0.3 is 0 Å². The Morgan fingerprint density at radius 2 is 1.68 bits per heavy atom. The number of pyridine rings is 1. The van der Waals surface area contributed by atoms with Gasteiger partial charge in [-0.2, -0.15) is 5.10 Å². The number of carbonyl (C=O) groups is 2. The first-order valence-electron chi connectivity index (χ1n) is 9.53. The molecule has 0 radical (unpaired) electrons. The molecule has 0 aliphatic heterocycles. The molecule has 1 aromatic carbocycles. The summed E-state index contributed by atoms with van der Waals surface area (Å²) in [4.78, 5) is 28.9. The van der Waals surface area contributed by atoms with Crippen LogP contribution in [0.15, 0.2) is 59.8 Å². The Morgan fingerprint density at radius 1 is 1.03 bits per heavy atom. The van der Waals surface area contributed by atoms with Crippen molar-refractivity contribution in [2.45, 2.75) is 31.3 Å². The van der Waals surface area contributed by atoms with Gasteiger partial charge in [0, 0.05) is 30.6 Å². The van der Waals surface area contributed by atoms with Gasteiger partial charge in [0.25, 0.3) is 11.8 Å². The van der Waals surface area contributed by atoms with E-state index in [2.05, 4.69) is 20.7 Å². The third-order valence-electron chi connectivity index (χ3n) is 4.25. The van der Waals surface area contributed by atoms with E-state index < -0.39 is 15.7 Å². The molecule has 0 saturated carbocycles. The van der Waals surface area contributed by atoms with Crippen LogP contribution in [0.4, 0.5) is 0 Å². The van der Waals surface area contributed by atoms with Gasteiger partial charge in [-0.3, -0.25) is 9.59 Å². The van der Waals surface area contributed by atoms with Crippen LogP contribution in [0.5, 0.6) is 0 Å². The van der Waals surface area contributed by atoms with Gasteiger partial charge in [0.05, 0.1) is 16.8 Å². The predicted octanol–water partition coefficient (Wildman–Crippen LogP) is 1.74. The Labute approximate surface area is 180 Å². The summed E-state index contributed by atoms with van der Waals surface area (Å²) in [6.07, 6.45) is 4.48. The van der Waals surface area contributed by atoms with Crippen molar-refractivity contribution in [3.63, 3.8) is 0 Å². The van der Waals surface area contributed by atoms with Crippen LogP contribution in [0.3, 0.4) is 0 Å². The number of aromatic nitrogens is 3. The number of benzene rings is 1. The molecule has 3 aromatic rings. The van der Waals surface area contributed by atoms with Gasteiger partial charge in [-0.05, 0) is 50.2 Å². The number of amides is 2. The topological polar surface area (TPSA) is 123 Å². The average molecular weight is 442 g/mol. The Morgan fingerprint density at radius 3 is 2.29 bits per heavy atom. The Bertz CT molecular complexity index is 1200. The van der Waals surface area contributed by atoms with E-state index in [1.807, 2.05) is 13.8 Å². The van der Waals surface area contributed by atoms with E-state index in [0.717, 1.165) is 11.8 Å². The van der Waals surface area contributed by atoms with Crippen LogP contribution in [-0.2, 0) is 16.4 Å². The molecule has 31 heavy (non-hydrogen) atoms. The second kappa shape index (κ2) is 9.09. The van der Waals surface area contributed by atoms with Crippen molar-refractivity contribution in [3.05, 3.63) is 71.8 Å². The third kappa shape index (κ3) is 5.76. The molecular formula is C21H23N5O4S. The van der Waals surface area contributed by atoms with Crippen molar-refractivity contribution in [2.75, 3.05) is 6.26 Å². The molecule has 0 unspecified atom stereocenters. The van der Waals surface area contributed by atoms with E-state index >= 15 is 0 Å². The summed E-state index contributed by atoms with van der Waals surface area (Å²) < 4.78 is 24.7. The van der Waals surface area contributed by atoms with Crippen molar-refractivity contribution in [1.82, 2.24) is 25.4 Å². The lowest BCUT2D eigenvalue weighted by molar-refractivity contribution is 0.0936. The molecule has 10 heteroatoms. The van der Waals surface area contributed by atoms with Crippen LogP contribution in [-0.4, -0.2) is 47.3 Å². The molecule has 0 aliphatic carbocycles. The molecule has 162 valence electrons. The zero-order valence-corrected chi connectivity index (χ0v) is 18.2. The van der Waals surface area contributed by atoms with Crippen LogP contribution in [0.2, 0.25) is 0 Å². The summed E-state index contributed by atoms with van der Waals surface area (Å²) in [5, 5.41) is 9.73. The maximum atomic E-state index is 12.4. The molecule has 3 rings (SSSR count). The van der Waals surface area contributed by atoms with Crippen molar-refractivity contribution >= 4 is 21.7 Å². The van der Waals surface area contributed by atoms with Crippen molar-refractivity contribution in [1.29, 1.82) is 0 Å². The van der Waals surface area contributed by atoms with Crippen LogP contribution in [0.1, 0.15) is 40.4 Å². The van der Waals surface area contributed by atoms with Gasteiger partial charge in [0.1, 0.15) is 11.4 Å². The second-order valence-electron chi connectivity index (χ2n) is 7.28.